The lowest BCUT2D eigenvalue weighted by atomic mass is 9.86. The molecule has 0 bridgehead atoms. The van der Waals surface area contributed by atoms with E-state index in [0.29, 0.717) is 19.6 Å². The predicted octanol–water partition coefficient (Wildman–Crippen LogP) is 5.73. The summed E-state index contributed by atoms with van der Waals surface area (Å²) in [6.07, 6.45) is 6.08. The Labute approximate surface area is 245 Å². The molecule has 9 heteroatoms. The number of nitrogens with zero attached hydrogens (tertiary/aromatic N) is 5. The van der Waals surface area contributed by atoms with Gasteiger partial charge in [0.1, 0.15) is 5.65 Å². The maximum Gasteiger partial charge on any atom is 0.270 e. The molecule has 1 aliphatic heterocycles. The van der Waals surface area contributed by atoms with Gasteiger partial charge in [-0.05, 0) is 49.4 Å². The van der Waals surface area contributed by atoms with Gasteiger partial charge >= 0.3 is 0 Å². The van der Waals surface area contributed by atoms with Crippen LogP contribution in [0.2, 0.25) is 0 Å². The number of hydrogen-bond donors (Lipinski definition) is 0. The lowest BCUT2D eigenvalue weighted by molar-refractivity contribution is -0.384. The molecule has 9 nitrogen and oxygen atoms in total. The molecule has 42 heavy (non-hydrogen) atoms. The summed E-state index contributed by atoms with van der Waals surface area (Å²) in [7, 11) is 1.74. The summed E-state index contributed by atoms with van der Waals surface area (Å²) in [5.41, 5.74) is 6.80. The van der Waals surface area contributed by atoms with Crippen LogP contribution in [-0.4, -0.2) is 69.4 Å². The molecule has 1 saturated carbocycles. The average molecular weight is 568 g/mol. The summed E-state index contributed by atoms with van der Waals surface area (Å²) < 4.78 is 7.68. The van der Waals surface area contributed by atoms with Gasteiger partial charge in [-0.3, -0.25) is 19.8 Å². The van der Waals surface area contributed by atoms with E-state index in [1.807, 2.05) is 29.3 Å². The molecule has 1 saturated heterocycles. The number of ether oxygens (including phenoxy) is 1. The Hall–Kier alpha value is -4.08. The largest absolute Gasteiger partial charge is 0.381 e. The Morgan fingerprint density at radius 1 is 1.00 bits per heavy atom. The first kappa shape index (κ1) is 28.1. The third-order valence-corrected chi connectivity index (χ3v) is 8.80. The standard InChI is InChI=1S/C33H37N5O4/c1-23-9-11-24(12-10-23)32-30(22-35-15-17-36(18-16-35)33(39)26-6-4-8-29(20-26)42-2)37-21-27(13-14-31(37)34-32)25-5-3-7-28(19-25)38(40)41/h3,5,7,9-14,19,21,26,29H,4,6,8,15-18,20,22H2,1-2H3/t26-,29-/m1/s1. The zero-order valence-corrected chi connectivity index (χ0v) is 24.2. The van der Waals surface area contributed by atoms with Crippen LogP contribution in [0.5, 0.6) is 0 Å². The van der Waals surface area contributed by atoms with E-state index >= 15 is 0 Å². The molecule has 0 spiro atoms. The number of aryl methyl sites for hydroxylation is 1. The molecule has 0 N–H and O–H groups in total. The minimum absolute atomic E-state index is 0.0643. The SMILES string of the molecule is CO[C@@H]1CCC[C@@H](C(=O)N2CCN(Cc3c(-c4ccc(C)cc4)nc4ccc(-c5cccc([N+](=O)[O-])c5)cn34)CC2)C1. The molecule has 0 radical (unpaired) electrons. The number of carbonyl (C=O) groups excluding carboxylic acids is 1. The second-order valence-electron chi connectivity index (χ2n) is 11.5. The topological polar surface area (TPSA) is 93.2 Å². The molecule has 1 amide bonds. The summed E-state index contributed by atoms with van der Waals surface area (Å²) in [6.45, 7) is 5.75. The van der Waals surface area contributed by atoms with E-state index in [0.717, 1.165) is 72.5 Å². The highest BCUT2D eigenvalue weighted by atomic mass is 16.6. The van der Waals surface area contributed by atoms with Crippen LogP contribution in [0.1, 0.15) is 36.9 Å². The van der Waals surface area contributed by atoms with Crippen LogP contribution < -0.4 is 0 Å². The van der Waals surface area contributed by atoms with Gasteiger partial charge in [0.15, 0.2) is 0 Å². The molecular weight excluding hydrogens is 530 g/mol. The lowest BCUT2D eigenvalue weighted by Crippen LogP contribution is -2.50. The first-order valence-electron chi connectivity index (χ1n) is 14.8. The number of amides is 1. The Balaban J connectivity index is 1.27. The fraction of sp³-hybridized carbons (Fsp3) is 0.394. The number of nitro groups is 1. The zero-order valence-electron chi connectivity index (χ0n) is 24.2. The van der Waals surface area contributed by atoms with Crippen molar-refractivity contribution in [2.45, 2.75) is 45.3 Å². The fourth-order valence-corrected chi connectivity index (χ4v) is 6.34. The first-order chi connectivity index (χ1) is 20.4. The molecule has 2 atom stereocenters. The molecule has 6 rings (SSSR count). The number of rotatable bonds is 7. The molecular formula is C33H37N5O4. The van der Waals surface area contributed by atoms with Gasteiger partial charge in [-0.15, -0.1) is 0 Å². The van der Waals surface area contributed by atoms with E-state index in [9.17, 15) is 14.9 Å². The smallest absolute Gasteiger partial charge is 0.270 e. The molecule has 218 valence electrons. The van der Waals surface area contributed by atoms with E-state index in [-0.39, 0.29) is 28.5 Å². The van der Waals surface area contributed by atoms with Crippen molar-refractivity contribution in [3.63, 3.8) is 0 Å². The van der Waals surface area contributed by atoms with Crippen molar-refractivity contribution >= 4 is 17.2 Å². The summed E-state index contributed by atoms with van der Waals surface area (Å²) in [5.74, 6) is 0.336. The molecule has 2 aliphatic rings. The van der Waals surface area contributed by atoms with Crippen molar-refractivity contribution < 1.29 is 14.5 Å². The van der Waals surface area contributed by atoms with Gasteiger partial charge in [0.25, 0.3) is 5.69 Å². The number of aromatic nitrogens is 2. The minimum Gasteiger partial charge on any atom is -0.381 e. The van der Waals surface area contributed by atoms with E-state index in [2.05, 4.69) is 40.5 Å². The van der Waals surface area contributed by atoms with Crippen LogP contribution in [-0.2, 0) is 16.1 Å². The van der Waals surface area contributed by atoms with Gasteiger partial charge in [-0.2, -0.15) is 0 Å². The number of nitro benzene ring substituents is 1. The number of fused-ring (bicyclic) bond motifs is 1. The number of carbonyl (C=O) groups is 1. The van der Waals surface area contributed by atoms with E-state index in [1.54, 1.807) is 19.2 Å². The molecule has 3 heterocycles. The fourth-order valence-electron chi connectivity index (χ4n) is 6.34. The van der Waals surface area contributed by atoms with Gasteiger partial charge in [-0.25, -0.2) is 4.98 Å². The molecule has 1 aliphatic carbocycles. The predicted molar refractivity (Wildman–Crippen MR) is 162 cm³/mol. The third-order valence-electron chi connectivity index (χ3n) is 8.80. The molecule has 4 aromatic rings. The molecule has 0 unspecified atom stereocenters. The van der Waals surface area contributed by atoms with Crippen molar-refractivity contribution in [1.29, 1.82) is 0 Å². The van der Waals surface area contributed by atoms with Crippen LogP contribution in [0.4, 0.5) is 5.69 Å². The zero-order chi connectivity index (χ0) is 29.2. The number of pyridine rings is 1. The van der Waals surface area contributed by atoms with Crippen LogP contribution in [0.15, 0.2) is 66.9 Å². The van der Waals surface area contributed by atoms with Crippen LogP contribution in [0.3, 0.4) is 0 Å². The van der Waals surface area contributed by atoms with Gasteiger partial charge in [0.05, 0.1) is 22.4 Å². The molecule has 2 aromatic carbocycles. The molecule has 2 fully saturated rings. The Morgan fingerprint density at radius 3 is 2.50 bits per heavy atom. The normalized spacial score (nSPS) is 19.7. The van der Waals surface area contributed by atoms with Crippen molar-refractivity contribution in [2.24, 2.45) is 5.92 Å². The number of non-ortho nitro benzene ring substituents is 1. The minimum atomic E-state index is -0.366. The number of piperazine rings is 1. The Bertz CT molecular complexity index is 1590. The quantitative estimate of drug-likeness (QED) is 0.209. The van der Waals surface area contributed by atoms with Gasteiger partial charge in [-0.1, -0.05) is 48.4 Å². The highest BCUT2D eigenvalue weighted by Crippen LogP contribution is 2.31. The second-order valence-corrected chi connectivity index (χ2v) is 11.5. The average Bonchev–Trinajstić information content (AvgIpc) is 3.38. The van der Waals surface area contributed by atoms with Gasteiger partial charge in [0, 0.05) is 69.6 Å². The van der Waals surface area contributed by atoms with Gasteiger partial charge in [0.2, 0.25) is 5.91 Å². The van der Waals surface area contributed by atoms with Crippen LogP contribution in [0.25, 0.3) is 28.0 Å². The number of imidazole rings is 1. The van der Waals surface area contributed by atoms with Crippen LogP contribution >= 0.6 is 0 Å². The monoisotopic (exact) mass is 567 g/mol. The summed E-state index contributed by atoms with van der Waals surface area (Å²) in [4.78, 5) is 33.8. The lowest BCUT2D eigenvalue weighted by Gasteiger charge is -2.38. The van der Waals surface area contributed by atoms with E-state index in [1.165, 1.54) is 11.6 Å². The summed E-state index contributed by atoms with van der Waals surface area (Å²) in [6, 6.07) is 19.1. The highest BCUT2D eigenvalue weighted by Gasteiger charge is 2.32. The maximum absolute atomic E-state index is 13.3. The highest BCUT2D eigenvalue weighted by molar-refractivity contribution is 5.79. The van der Waals surface area contributed by atoms with E-state index in [4.69, 9.17) is 9.72 Å². The van der Waals surface area contributed by atoms with E-state index < -0.39 is 0 Å². The maximum atomic E-state index is 13.3. The van der Waals surface area contributed by atoms with Crippen molar-refractivity contribution in [3.8, 4) is 22.4 Å². The first-order valence-corrected chi connectivity index (χ1v) is 14.8. The van der Waals surface area contributed by atoms with Crippen molar-refractivity contribution in [1.82, 2.24) is 19.2 Å². The van der Waals surface area contributed by atoms with Gasteiger partial charge < -0.3 is 14.0 Å². The second kappa shape index (κ2) is 12.0. The summed E-state index contributed by atoms with van der Waals surface area (Å²) >= 11 is 0. The Morgan fingerprint density at radius 2 is 1.76 bits per heavy atom. The van der Waals surface area contributed by atoms with Crippen molar-refractivity contribution in [2.75, 3.05) is 33.3 Å². The Kier molecular flexibility index (Phi) is 8.04. The number of methoxy groups -OCH3 is 1. The summed E-state index contributed by atoms with van der Waals surface area (Å²) in [5, 5.41) is 11.4. The van der Waals surface area contributed by atoms with Crippen LogP contribution in [0, 0.1) is 23.0 Å². The molecule has 2 aromatic heterocycles. The third kappa shape index (κ3) is 5.80. The van der Waals surface area contributed by atoms with Crippen molar-refractivity contribution in [3.05, 3.63) is 88.2 Å². The number of benzene rings is 2. The number of hydrogen-bond acceptors (Lipinski definition) is 6.